The molecular weight excluding hydrogens is 328 g/mol. The molecule has 2 aromatic carbocycles. The van der Waals surface area contributed by atoms with Crippen LogP contribution in [0.15, 0.2) is 78.0 Å². The van der Waals surface area contributed by atoms with Gasteiger partial charge in [-0.05, 0) is 62.8 Å². The lowest BCUT2D eigenvalue weighted by molar-refractivity contribution is 0.713. The van der Waals surface area contributed by atoms with Crippen LogP contribution in [0.3, 0.4) is 0 Å². The summed E-state index contributed by atoms with van der Waals surface area (Å²) in [5.74, 6) is 0. The van der Waals surface area contributed by atoms with Crippen LogP contribution in [0.2, 0.25) is 0 Å². The van der Waals surface area contributed by atoms with Crippen molar-refractivity contribution in [3.63, 3.8) is 0 Å². The predicted molar refractivity (Wildman–Crippen MR) is 118 cm³/mol. The van der Waals surface area contributed by atoms with E-state index in [0.717, 1.165) is 42.8 Å². The summed E-state index contributed by atoms with van der Waals surface area (Å²) in [6, 6.07) is 17.3. The van der Waals surface area contributed by atoms with Gasteiger partial charge in [-0.2, -0.15) is 0 Å². The van der Waals surface area contributed by atoms with Gasteiger partial charge in [-0.3, -0.25) is 4.99 Å². The van der Waals surface area contributed by atoms with E-state index in [1.54, 1.807) is 0 Å². The molecule has 0 radical (unpaired) electrons. The largest absolute Gasteiger partial charge is 0.385 e. The summed E-state index contributed by atoms with van der Waals surface area (Å²) in [7, 11) is 0. The molecule has 2 rings (SSSR count). The summed E-state index contributed by atoms with van der Waals surface area (Å²) in [5.41, 5.74) is 8.35. The predicted octanol–water partition coefficient (Wildman–Crippen LogP) is 6.01. The molecule has 0 atom stereocenters. The van der Waals surface area contributed by atoms with E-state index >= 15 is 0 Å². The van der Waals surface area contributed by atoms with Crippen LogP contribution >= 0.6 is 0 Å². The lowest BCUT2D eigenvalue weighted by Crippen LogP contribution is -2.12. The van der Waals surface area contributed by atoms with Crippen LogP contribution in [-0.2, 0) is 13.0 Å². The van der Waals surface area contributed by atoms with Crippen LogP contribution in [0.5, 0.6) is 0 Å². The van der Waals surface area contributed by atoms with E-state index in [9.17, 15) is 0 Å². The van der Waals surface area contributed by atoms with Crippen molar-refractivity contribution in [3.8, 4) is 0 Å². The van der Waals surface area contributed by atoms with E-state index in [4.69, 9.17) is 0 Å². The number of aryl methyl sites for hydroxylation is 2. The summed E-state index contributed by atoms with van der Waals surface area (Å²) < 4.78 is 0. The lowest BCUT2D eigenvalue weighted by Gasteiger charge is -2.11. The maximum absolute atomic E-state index is 4.58. The number of aliphatic imine (C=N–C) groups is 1. The van der Waals surface area contributed by atoms with Crippen LogP contribution in [0.25, 0.3) is 0 Å². The first-order valence-electron chi connectivity index (χ1n) is 9.66. The second-order valence-corrected chi connectivity index (χ2v) is 7.36. The molecule has 2 nitrogen and oxygen atoms in total. The Balaban J connectivity index is 1.79. The average Bonchev–Trinajstić information content (AvgIpc) is 2.66. The van der Waals surface area contributed by atoms with Gasteiger partial charge in [-0.25, -0.2) is 0 Å². The van der Waals surface area contributed by atoms with Crippen molar-refractivity contribution in [1.82, 2.24) is 5.32 Å². The highest BCUT2D eigenvalue weighted by Crippen LogP contribution is 2.11. The molecule has 0 aliphatic rings. The van der Waals surface area contributed by atoms with Crippen molar-refractivity contribution >= 4 is 5.71 Å². The van der Waals surface area contributed by atoms with Crippen molar-refractivity contribution in [1.29, 1.82) is 0 Å². The molecule has 0 saturated heterocycles. The zero-order chi connectivity index (χ0) is 19.6. The summed E-state index contributed by atoms with van der Waals surface area (Å²) in [6.45, 7) is 15.7. The Hall–Kier alpha value is -2.61. The maximum Gasteiger partial charge on any atom is 0.0597 e. The van der Waals surface area contributed by atoms with E-state index in [0.29, 0.717) is 6.54 Å². The molecule has 0 spiro atoms. The van der Waals surface area contributed by atoms with Gasteiger partial charge in [-0.1, -0.05) is 66.8 Å². The van der Waals surface area contributed by atoms with Gasteiger partial charge >= 0.3 is 0 Å². The minimum Gasteiger partial charge on any atom is -0.385 e. The highest BCUT2D eigenvalue weighted by Gasteiger charge is 2.01. The molecule has 0 aliphatic carbocycles. The number of allylic oxidation sites excluding steroid dienone is 1. The van der Waals surface area contributed by atoms with Crippen LogP contribution < -0.4 is 5.32 Å². The Morgan fingerprint density at radius 1 is 1.00 bits per heavy atom. The number of nitrogens with zero attached hydrogens (tertiary/aromatic N) is 1. The molecule has 0 saturated carbocycles. The molecule has 0 bridgehead atoms. The third kappa shape index (κ3) is 7.65. The zero-order valence-electron chi connectivity index (χ0n) is 17.0. The maximum atomic E-state index is 4.58. The molecule has 0 unspecified atom stereocenters. The molecule has 0 fully saturated rings. The number of nitrogens with one attached hydrogen (secondary N) is 1. The van der Waals surface area contributed by atoms with Gasteiger partial charge in [0, 0.05) is 18.0 Å². The minimum absolute atomic E-state index is 0.687. The Morgan fingerprint density at radius 2 is 1.74 bits per heavy atom. The van der Waals surface area contributed by atoms with Gasteiger partial charge in [0.15, 0.2) is 0 Å². The third-order valence-electron chi connectivity index (χ3n) is 4.54. The van der Waals surface area contributed by atoms with E-state index in [-0.39, 0.29) is 0 Å². The molecule has 0 heterocycles. The summed E-state index contributed by atoms with van der Waals surface area (Å²) in [4.78, 5) is 4.58. The van der Waals surface area contributed by atoms with Crippen LogP contribution in [0.1, 0.15) is 48.9 Å². The highest BCUT2D eigenvalue weighted by atomic mass is 14.9. The summed E-state index contributed by atoms with van der Waals surface area (Å²) in [5, 5.41) is 3.46. The van der Waals surface area contributed by atoms with Gasteiger partial charge in [0.2, 0.25) is 0 Å². The fraction of sp³-hybridized carbons (Fsp3) is 0.320. The summed E-state index contributed by atoms with van der Waals surface area (Å²) in [6.07, 6.45) is 3.20. The van der Waals surface area contributed by atoms with Gasteiger partial charge in [0.1, 0.15) is 0 Å². The minimum atomic E-state index is 0.687. The molecule has 1 N–H and O–H groups in total. The third-order valence-corrected chi connectivity index (χ3v) is 4.54. The first-order valence-corrected chi connectivity index (χ1v) is 9.66. The molecule has 27 heavy (non-hydrogen) atoms. The first kappa shape index (κ1) is 20.7. The van der Waals surface area contributed by atoms with E-state index in [2.05, 4.69) is 85.8 Å². The van der Waals surface area contributed by atoms with E-state index in [1.807, 2.05) is 6.92 Å². The molecule has 0 aliphatic heterocycles. The number of hydrogen-bond donors (Lipinski definition) is 1. The lowest BCUT2D eigenvalue weighted by atomic mass is 10.1. The van der Waals surface area contributed by atoms with Crippen molar-refractivity contribution in [2.45, 2.75) is 46.6 Å². The zero-order valence-corrected chi connectivity index (χ0v) is 17.0. The topological polar surface area (TPSA) is 24.4 Å². The fourth-order valence-electron chi connectivity index (χ4n) is 2.83. The standard InChI is InChI=1S/C25H32N2/c1-19(2)17-27-22(5)25-11-7-10-24(16-25)18-26-21(4)8-6-9-23-14-12-20(3)13-15-23/h7,10-16,26H,1,4,6,8-9,17-18H2,2-3,5H3. The normalized spacial score (nSPS) is 11.3. The van der Waals surface area contributed by atoms with Crippen molar-refractivity contribution < 1.29 is 0 Å². The summed E-state index contributed by atoms with van der Waals surface area (Å²) >= 11 is 0. The second-order valence-electron chi connectivity index (χ2n) is 7.36. The molecule has 2 heteroatoms. The number of hydrogen-bond acceptors (Lipinski definition) is 2. The Bertz CT molecular complexity index is 797. The van der Waals surface area contributed by atoms with Crippen LogP contribution in [-0.4, -0.2) is 12.3 Å². The fourth-order valence-corrected chi connectivity index (χ4v) is 2.83. The van der Waals surface area contributed by atoms with Crippen molar-refractivity contribution in [2.24, 2.45) is 4.99 Å². The Morgan fingerprint density at radius 3 is 2.44 bits per heavy atom. The van der Waals surface area contributed by atoms with Gasteiger partial charge in [0.05, 0.1) is 6.54 Å². The quantitative estimate of drug-likeness (QED) is 0.407. The molecule has 0 amide bonds. The Labute approximate surface area is 164 Å². The van der Waals surface area contributed by atoms with Gasteiger partial charge in [0.25, 0.3) is 0 Å². The monoisotopic (exact) mass is 360 g/mol. The molecule has 142 valence electrons. The van der Waals surface area contributed by atoms with Gasteiger partial charge in [-0.15, -0.1) is 0 Å². The Kier molecular flexibility index (Phi) is 8.06. The van der Waals surface area contributed by atoms with Crippen molar-refractivity contribution in [2.75, 3.05) is 6.54 Å². The second kappa shape index (κ2) is 10.5. The number of rotatable bonds is 10. The highest BCUT2D eigenvalue weighted by molar-refractivity contribution is 5.98. The SMILES string of the molecule is C=C(C)CN=C(C)c1cccc(CNC(=C)CCCc2ccc(C)cc2)c1. The smallest absolute Gasteiger partial charge is 0.0597 e. The number of benzene rings is 2. The van der Waals surface area contributed by atoms with E-state index < -0.39 is 0 Å². The van der Waals surface area contributed by atoms with Crippen LogP contribution in [0, 0.1) is 6.92 Å². The van der Waals surface area contributed by atoms with E-state index in [1.165, 1.54) is 22.3 Å². The first-order chi connectivity index (χ1) is 12.9. The molecule has 0 aromatic heterocycles. The van der Waals surface area contributed by atoms with Crippen LogP contribution in [0.4, 0.5) is 0 Å². The van der Waals surface area contributed by atoms with Crippen molar-refractivity contribution in [3.05, 3.63) is 95.2 Å². The molecule has 2 aromatic rings. The van der Waals surface area contributed by atoms with Gasteiger partial charge < -0.3 is 5.32 Å². The molecular formula is C25H32N2. The average molecular weight is 361 g/mol.